The first-order chi connectivity index (χ1) is 17.0. The van der Waals surface area contributed by atoms with Crippen molar-refractivity contribution in [2.45, 2.75) is 44.9 Å². The van der Waals surface area contributed by atoms with Gasteiger partial charge in [-0.25, -0.2) is 4.79 Å². The number of hydrogen-bond donors (Lipinski definition) is 1. The molecule has 0 aliphatic carbocycles. The zero-order valence-electron chi connectivity index (χ0n) is 20.5. The van der Waals surface area contributed by atoms with Crippen LogP contribution >= 0.6 is 0 Å². The Bertz CT molecular complexity index is 1060. The van der Waals surface area contributed by atoms with E-state index < -0.39 is 6.10 Å². The van der Waals surface area contributed by atoms with Gasteiger partial charge in [-0.15, -0.1) is 0 Å². The molecule has 0 saturated carbocycles. The summed E-state index contributed by atoms with van der Waals surface area (Å²) in [6.07, 6.45) is 3.29. The fourth-order valence-corrected chi connectivity index (χ4v) is 5.55. The van der Waals surface area contributed by atoms with E-state index in [1.54, 1.807) is 16.7 Å². The lowest BCUT2D eigenvalue weighted by atomic mass is 10.00. The average molecular weight is 478 g/mol. The molecular weight excluding hydrogens is 442 g/mol. The minimum Gasteiger partial charge on any atom is -0.390 e. The Balaban J connectivity index is 1.09. The second-order valence-electron chi connectivity index (χ2n) is 10.1. The van der Waals surface area contributed by atoms with E-state index in [0.717, 1.165) is 50.3 Å². The highest BCUT2D eigenvalue weighted by atomic mass is 16.3. The standard InChI is InChI=1S/C27H35N5O3/c1-20(33)30-11-9-24(16-30)22-6-7-25(28-14-22)17-31-12-13-32(27(31)35)19-26(34)18-29-10-8-21-4-2-3-5-23(21)15-29/h2-7,14,24,26,34H,8-13,15-19H2,1H3/t24?,26-/m1/s1. The van der Waals surface area contributed by atoms with E-state index in [0.29, 0.717) is 38.6 Å². The van der Waals surface area contributed by atoms with E-state index in [2.05, 4.69) is 40.2 Å². The number of aromatic nitrogens is 1. The Kier molecular flexibility index (Phi) is 7.02. The number of nitrogens with zero attached hydrogens (tertiary/aromatic N) is 5. The zero-order valence-corrected chi connectivity index (χ0v) is 20.5. The molecule has 35 heavy (non-hydrogen) atoms. The summed E-state index contributed by atoms with van der Waals surface area (Å²) in [6.45, 7) is 7.62. The third-order valence-electron chi connectivity index (χ3n) is 7.60. The summed E-state index contributed by atoms with van der Waals surface area (Å²) in [5.74, 6) is 0.458. The Morgan fingerprint density at radius 3 is 2.60 bits per heavy atom. The fraction of sp³-hybridized carbons (Fsp3) is 0.519. The van der Waals surface area contributed by atoms with Gasteiger partial charge in [0.15, 0.2) is 0 Å². The van der Waals surface area contributed by atoms with Crippen LogP contribution in [0.25, 0.3) is 0 Å². The molecule has 1 unspecified atom stereocenters. The predicted octanol–water partition coefficient (Wildman–Crippen LogP) is 2.07. The van der Waals surface area contributed by atoms with Crippen LogP contribution in [0, 0.1) is 0 Å². The minimum atomic E-state index is -0.567. The highest BCUT2D eigenvalue weighted by Crippen LogP contribution is 2.27. The lowest BCUT2D eigenvalue weighted by Crippen LogP contribution is -2.43. The molecule has 1 aromatic carbocycles. The van der Waals surface area contributed by atoms with E-state index in [-0.39, 0.29) is 11.9 Å². The van der Waals surface area contributed by atoms with Gasteiger partial charge < -0.3 is 19.8 Å². The topological polar surface area (TPSA) is 80.2 Å². The molecule has 0 radical (unpaired) electrons. The van der Waals surface area contributed by atoms with Gasteiger partial charge in [0.05, 0.1) is 18.3 Å². The highest BCUT2D eigenvalue weighted by Gasteiger charge is 2.31. The van der Waals surface area contributed by atoms with Crippen molar-refractivity contribution in [3.05, 3.63) is 65.0 Å². The number of likely N-dealkylation sites (tertiary alicyclic amines) is 1. The van der Waals surface area contributed by atoms with Gasteiger partial charge in [0.1, 0.15) is 0 Å². The van der Waals surface area contributed by atoms with Crippen molar-refractivity contribution in [3.8, 4) is 0 Å². The molecule has 2 fully saturated rings. The maximum absolute atomic E-state index is 12.9. The quantitative estimate of drug-likeness (QED) is 0.661. The lowest BCUT2D eigenvalue weighted by molar-refractivity contribution is -0.127. The number of carbonyl (C=O) groups is 2. The van der Waals surface area contributed by atoms with E-state index >= 15 is 0 Å². The number of β-amino-alcohol motifs (C(OH)–C–C–N with tert-alkyl or cyclic N) is 1. The number of fused-ring (bicyclic) bond motifs is 1. The molecule has 4 heterocycles. The largest absolute Gasteiger partial charge is 0.390 e. The smallest absolute Gasteiger partial charge is 0.320 e. The number of amides is 3. The van der Waals surface area contributed by atoms with E-state index in [4.69, 9.17) is 0 Å². The number of urea groups is 1. The number of carbonyl (C=O) groups excluding carboxylic acids is 2. The maximum Gasteiger partial charge on any atom is 0.320 e. The number of pyridine rings is 1. The van der Waals surface area contributed by atoms with Crippen LogP contribution in [0.15, 0.2) is 42.6 Å². The summed E-state index contributed by atoms with van der Waals surface area (Å²) in [4.78, 5) is 36.8. The van der Waals surface area contributed by atoms with Crippen LogP contribution in [0.3, 0.4) is 0 Å². The monoisotopic (exact) mass is 477 g/mol. The molecule has 2 saturated heterocycles. The Labute approximate surface area is 207 Å². The van der Waals surface area contributed by atoms with Gasteiger partial charge in [0, 0.05) is 71.4 Å². The predicted molar refractivity (Wildman–Crippen MR) is 133 cm³/mol. The highest BCUT2D eigenvalue weighted by molar-refractivity contribution is 5.76. The van der Waals surface area contributed by atoms with Crippen molar-refractivity contribution in [2.24, 2.45) is 0 Å². The minimum absolute atomic E-state index is 0.0354. The first-order valence-corrected chi connectivity index (χ1v) is 12.7. The van der Waals surface area contributed by atoms with Crippen LogP contribution in [-0.2, 0) is 24.3 Å². The summed E-state index contributed by atoms with van der Waals surface area (Å²) in [5, 5.41) is 10.7. The van der Waals surface area contributed by atoms with Crippen molar-refractivity contribution in [1.29, 1.82) is 0 Å². The van der Waals surface area contributed by atoms with Crippen LogP contribution in [0.2, 0.25) is 0 Å². The molecular formula is C27H35N5O3. The molecule has 8 nitrogen and oxygen atoms in total. The number of rotatable bonds is 7. The van der Waals surface area contributed by atoms with Gasteiger partial charge in [0.25, 0.3) is 0 Å². The lowest BCUT2D eigenvalue weighted by Gasteiger charge is -2.31. The molecule has 0 spiro atoms. The number of aliphatic hydroxyl groups is 1. The van der Waals surface area contributed by atoms with Gasteiger partial charge in [-0.05, 0) is 35.6 Å². The molecule has 3 aliphatic rings. The van der Waals surface area contributed by atoms with E-state index in [1.165, 1.54) is 11.1 Å². The molecule has 3 amide bonds. The normalized spacial score (nSPS) is 21.5. The van der Waals surface area contributed by atoms with Gasteiger partial charge in [-0.3, -0.25) is 14.7 Å². The van der Waals surface area contributed by atoms with Gasteiger partial charge in [0.2, 0.25) is 5.91 Å². The molecule has 186 valence electrons. The summed E-state index contributed by atoms with van der Waals surface area (Å²) in [6, 6.07) is 12.5. The fourth-order valence-electron chi connectivity index (χ4n) is 5.55. The second-order valence-corrected chi connectivity index (χ2v) is 10.1. The summed E-state index contributed by atoms with van der Waals surface area (Å²) in [7, 11) is 0. The first kappa shape index (κ1) is 23.8. The molecule has 2 atom stereocenters. The zero-order chi connectivity index (χ0) is 24.4. The first-order valence-electron chi connectivity index (χ1n) is 12.7. The molecule has 0 bridgehead atoms. The molecule has 1 aromatic heterocycles. The molecule has 2 aromatic rings. The number of aliphatic hydroxyl groups excluding tert-OH is 1. The van der Waals surface area contributed by atoms with Crippen LogP contribution in [0.1, 0.15) is 41.6 Å². The Morgan fingerprint density at radius 1 is 1.06 bits per heavy atom. The van der Waals surface area contributed by atoms with Crippen molar-refractivity contribution in [1.82, 2.24) is 24.6 Å². The SMILES string of the molecule is CC(=O)N1CCC(c2ccc(CN3CCN(C[C@H](O)CN4CCc5ccccc5C4)C3=O)nc2)C1. The summed E-state index contributed by atoms with van der Waals surface area (Å²) >= 11 is 0. The van der Waals surface area contributed by atoms with Crippen molar-refractivity contribution in [3.63, 3.8) is 0 Å². The second kappa shape index (κ2) is 10.3. The van der Waals surface area contributed by atoms with Crippen LogP contribution in [-0.4, -0.2) is 93.5 Å². The molecule has 3 aliphatic heterocycles. The van der Waals surface area contributed by atoms with Gasteiger partial charge in [-0.1, -0.05) is 30.3 Å². The summed E-state index contributed by atoms with van der Waals surface area (Å²) < 4.78 is 0. The van der Waals surface area contributed by atoms with Crippen LogP contribution in [0.4, 0.5) is 4.79 Å². The van der Waals surface area contributed by atoms with Crippen molar-refractivity contribution >= 4 is 11.9 Å². The maximum atomic E-state index is 12.9. The third kappa shape index (κ3) is 5.49. The average Bonchev–Trinajstić information content (AvgIpc) is 3.48. The Hall–Kier alpha value is -2.97. The molecule has 1 N–H and O–H groups in total. The molecule has 5 rings (SSSR count). The van der Waals surface area contributed by atoms with Crippen molar-refractivity contribution in [2.75, 3.05) is 45.8 Å². The molecule has 8 heteroatoms. The Morgan fingerprint density at radius 2 is 1.86 bits per heavy atom. The van der Waals surface area contributed by atoms with E-state index in [9.17, 15) is 14.7 Å². The van der Waals surface area contributed by atoms with Crippen molar-refractivity contribution < 1.29 is 14.7 Å². The number of hydrogen-bond acceptors (Lipinski definition) is 5. The van der Waals surface area contributed by atoms with Crippen LogP contribution < -0.4 is 0 Å². The third-order valence-corrected chi connectivity index (χ3v) is 7.60. The van der Waals surface area contributed by atoms with E-state index in [1.807, 2.05) is 17.2 Å². The van der Waals surface area contributed by atoms with Gasteiger partial charge >= 0.3 is 6.03 Å². The summed E-state index contributed by atoms with van der Waals surface area (Å²) in [5.41, 5.74) is 4.73. The van der Waals surface area contributed by atoms with Crippen LogP contribution in [0.5, 0.6) is 0 Å². The number of benzene rings is 1. The van der Waals surface area contributed by atoms with Gasteiger partial charge in [-0.2, -0.15) is 0 Å².